The van der Waals surface area contributed by atoms with Crippen molar-refractivity contribution in [1.29, 1.82) is 0 Å². The van der Waals surface area contributed by atoms with Crippen LogP contribution in [0.25, 0.3) is 0 Å². The van der Waals surface area contributed by atoms with Gasteiger partial charge in [0.1, 0.15) is 0 Å². The molecule has 0 aliphatic heterocycles. The highest BCUT2D eigenvalue weighted by Gasteiger charge is 2.12. The molecule has 0 heterocycles. The van der Waals surface area contributed by atoms with Crippen LogP contribution < -0.4 is 21.3 Å². The van der Waals surface area contributed by atoms with E-state index in [1.165, 1.54) is 26.0 Å². The van der Waals surface area contributed by atoms with E-state index in [0.29, 0.717) is 16.4 Å². The molecule has 30 heavy (non-hydrogen) atoms. The molecule has 0 aliphatic rings. The zero-order chi connectivity index (χ0) is 22.1. The lowest BCUT2D eigenvalue weighted by Crippen LogP contribution is -2.35. The number of halogens is 1. The third-order valence-corrected chi connectivity index (χ3v) is 5.00. The van der Waals surface area contributed by atoms with Crippen molar-refractivity contribution in [2.75, 3.05) is 24.9 Å². The molecule has 2 aromatic carbocycles. The minimum atomic E-state index is -0.711. The number of hydrogen-bond donors (Lipinski definition) is 4. The summed E-state index contributed by atoms with van der Waals surface area (Å²) >= 11 is 17.7. The molecule has 0 aromatic heterocycles. The quantitative estimate of drug-likeness (QED) is 0.464. The summed E-state index contributed by atoms with van der Waals surface area (Å²) in [6, 6.07) is 12.8. The first-order valence-corrected chi connectivity index (χ1v) is 10.2. The molecule has 4 N–H and O–H groups in total. The summed E-state index contributed by atoms with van der Waals surface area (Å²) in [7, 11) is 2.45. The van der Waals surface area contributed by atoms with Crippen LogP contribution in [0.1, 0.15) is 0 Å². The summed E-state index contributed by atoms with van der Waals surface area (Å²) in [6.45, 7) is 0. The third-order valence-electron chi connectivity index (χ3n) is 3.34. The monoisotopic (exact) mass is 484 g/mol. The van der Waals surface area contributed by atoms with Crippen LogP contribution in [0.2, 0.25) is 5.02 Å². The van der Waals surface area contributed by atoms with Crippen molar-refractivity contribution in [2.45, 2.75) is 9.79 Å². The number of methoxy groups -OCH3 is 2. The Kier molecular flexibility index (Phi) is 9.12. The van der Waals surface area contributed by atoms with Crippen LogP contribution in [0.5, 0.6) is 0 Å². The maximum absolute atomic E-state index is 11.4. The topological polar surface area (TPSA) is 101 Å². The average molecular weight is 485 g/mol. The molecule has 0 spiro atoms. The highest BCUT2D eigenvalue weighted by Crippen LogP contribution is 2.33. The molecule has 2 amide bonds. The van der Waals surface area contributed by atoms with Crippen LogP contribution >= 0.6 is 47.8 Å². The number of hydrogen-bond acceptors (Lipinski definition) is 7. The van der Waals surface area contributed by atoms with E-state index in [-0.39, 0.29) is 10.2 Å². The minimum absolute atomic E-state index is 0.0189. The van der Waals surface area contributed by atoms with Gasteiger partial charge in [0.15, 0.2) is 10.2 Å². The molecule has 0 saturated heterocycles. The SMILES string of the molecule is COC(=O)NC(=S)Nc1ccc(Sc2ccc(Cl)cc2)cc1NC(=S)NC(=O)OC. The van der Waals surface area contributed by atoms with E-state index in [1.54, 1.807) is 24.3 Å². The Morgan fingerprint density at radius 1 is 0.833 bits per heavy atom. The largest absolute Gasteiger partial charge is 0.453 e. The van der Waals surface area contributed by atoms with Crippen molar-refractivity contribution in [3.05, 3.63) is 47.5 Å². The molecule has 0 radical (unpaired) electrons. The number of benzene rings is 2. The van der Waals surface area contributed by atoms with Crippen LogP contribution in [0.3, 0.4) is 0 Å². The number of thiocarbonyl (C=S) groups is 2. The summed E-state index contributed by atoms with van der Waals surface area (Å²) in [5.74, 6) is 0. The average Bonchev–Trinajstić information content (AvgIpc) is 2.71. The first-order chi connectivity index (χ1) is 14.3. The number of ether oxygens (including phenoxy) is 2. The number of carbonyl (C=O) groups is 2. The molecule has 0 aliphatic carbocycles. The number of carbonyl (C=O) groups excluding carboxylic acids is 2. The van der Waals surface area contributed by atoms with E-state index in [9.17, 15) is 9.59 Å². The fourth-order valence-corrected chi connectivity index (χ4v) is 3.40. The molecule has 12 heteroatoms. The van der Waals surface area contributed by atoms with E-state index in [4.69, 9.17) is 36.0 Å². The smallest absolute Gasteiger partial charge is 0.413 e. The van der Waals surface area contributed by atoms with Gasteiger partial charge in [-0.1, -0.05) is 23.4 Å². The number of alkyl carbamates (subject to hydrolysis) is 2. The zero-order valence-electron chi connectivity index (χ0n) is 15.8. The first-order valence-electron chi connectivity index (χ1n) is 8.20. The lowest BCUT2D eigenvalue weighted by molar-refractivity contribution is 0.176. The second-order valence-corrected chi connectivity index (χ2v) is 7.80. The second-order valence-electron chi connectivity index (χ2n) is 5.40. The third kappa shape index (κ3) is 7.67. The Morgan fingerprint density at radius 2 is 1.33 bits per heavy atom. The zero-order valence-corrected chi connectivity index (χ0v) is 19.0. The van der Waals surface area contributed by atoms with Gasteiger partial charge in [-0.15, -0.1) is 0 Å². The van der Waals surface area contributed by atoms with E-state index in [1.807, 2.05) is 18.2 Å². The standard InChI is InChI=1S/C18H17ClN4O4S3/c1-26-17(24)22-15(28)20-13-8-7-12(30-11-5-3-10(19)4-6-11)9-14(13)21-16(29)23-18(25)27-2/h3-9H,1-2H3,(H2,20,22,24,28)(H2,21,23,25,29). The number of rotatable bonds is 4. The van der Waals surface area contributed by atoms with Gasteiger partial charge in [0.2, 0.25) is 0 Å². The Bertz CT molecular complexity index is 957. The van der Waals surface area contributed by atoms with E-state index in [0.717, 1.165) is 9.79 Å². The van der Waals surface area contributed by atoms with Crippen LogP contribution in [-0.2, 0) is 9.47 Å². The molecule has 2 rings (SSSR count). The van der Waals surface area contributed by atoms with E-state index < -0.39 is 12.2 Å². The summed E-state index contributed by atoms with van der Waals surface area (Å²) in [4.78, 5) is 24.6. The summed E-state index contributed by atoms with van der Waals surface area (Å²) in [5, 5.41) is 11.2. The van der Waals surface area contributed by atoms with E-state index in [2.05, 4.69) is 30.7 Å². The maximum atomic E-state index is 11.4. The predicted octanol–water partition coefficient (Wildman–Crippen LogP) is 4.60. The van der Waals surface area contributed by atoms with Gasteiger partial charge in [0.05, 0.1) is 25.6 Å². The lowest BCUT2D eigenvalue weighted by Gasteiger charge is -2.16. The van der Waals surface area contributed by atoms with Crippen LogP contribution in [0.4, 0.5) is 21.0 Å². The van der Waals surface area contributed by atoms with Gasteiger partial charge in [-0.3, -0.25) is 10.6 Å². The van der Waals surface area contributed by atoms with Gasteiger partial charge in [0.25, 0.3) is 0 Å². The van der Waals surface area contributed by atoms with E-state index >= 15 is 0 Å². The van der Waals surface area contributed by atoms with Crippen molar-refractivity contribution < 1.29 is 19.1 Å². The fourth-order valence-electron chi connectivity index (χ4n) is 2.03. The van der Waals surface area contributed by atoms with Gasteiger partial charge in [-0.25, -0.2) is 9.59 Å². The van der Waals surface area contributed by atoms with Gasteiger partial charge < -0.3 is 20.1 Å². The summed E-state index contributed by atoms with van der Waals surface area (Å²) < 4.78 is 9.05. The molecule has 0 fully saturated rings. The molecular weight excluding hydrogens is 468 g/mol. The van der Waals surface area contributed by atoms with Crippen molar-refractivity contribution >= 4 is 81.6 Å². The van der Waals surface area contributed by atoms with Gasteiger partial charge in [-0.05, 0) is 66.9 Å². The molecule has 0 atom stereocenters. The van der Waals surface area contributed by atoms with Crippen LogP contribution in [0.15, 0.2) is 52.3 Å². The lowest BCUT2D eigenvalue weighted by atomic mass is 10.2. The molecular formula is C18H17ClN4O4S3. The second kappa shape index (κ2) is 11.6. The fraction of sp³-hybridized carbons (Fsp3) is 0.111. The number of anilines is 2. The summed E-state index contributed by atoms with van der Waals surface area (Å²) in [5.41, 5.74) is 1.01. The molecule has 0 saturated carbocycles. The molecule has 8 nitrogen and oxygen atoms in total. The Labute approximate surface area is 193 Å². The normalized spacial score (nSPS) is 9.83. The van der Waals surface area contributed by atoms with Crippen molar-refractivity contribution in [3.8, 4) is 0 Å². The summed E-state index contributed by atoms with van der Waals surface area (Å²) in [6.07, 6.45) is -1.42. The molecule has 0 unspecified atom stereocenters. The maximum Gasteiger partial charge on any atom is 0.413 e. The minimum Gasteiger partial charge on any atom is -0.453 e. The first kappa shape index (κ1) is 23.7. The van der Waals surface area contributed by atoms with Gasteiger partial charge in [0, 0.05) is 14.8 Å². The number of nitrogens with one attached hydrogen (secondary N) is 4. The Hall–Kier alpha value is -2.60. The van der Waals surface area contributed by atoms with Crippen molar-refractivity contribution in [1.82, 2.24) is 10.6 Å². The number of amides is 2. The molecule has 0 bridgehead atoms. The van der Waals surface area contributed by atoms with Crippen LogP contribution in [-0.4, -0.2) is 36.6 Å². The Morgan fingerprint density at radius 3 is 1.87 bits per heavy atom. The van der Waals surface area contributed by atoms with Crippen LogP contribution in [0, 0.1) is 0 Å². The van der Waals surface area contributed by atoms with Gasteiger partial charge in [-0.2, -0.15) is 0 Å². The molecule has 158 valence electrons. The van der Waals surface area contributed by atoms with Gasteiger partial charge >= 0.3 is 12.2 Å². The highest BCUT2D eigenvalue weighted by atomic mass is 35.5. The van der Waals surface area contributed by atoms with Crippen molar-refractivity contribution in [2.24, 2.45) is 0 Å². The Balaban J connectivity index is 2.24. The van der Waals surface area contributed by atoms with Crippen molar-refractivity contribution in [3.63, 3.8) is 0 Å². The molecule has 2 aromatic rings. The highest BCUT2D eigenvalue weighted by molar-refractivity contribution is 7.99. The predicted molar refractivity (Wildman–Crippen MR) is 126 cm³/mol.